The summed E-state index contributed by atoms with van der Waals surface area (Å²) in [5.41, 5.74) is 0.246. The molecule has 0 spiro atoms. The fourth-order valence-electron chi connectivity index (χ4n) is 1.80. The Morgan fingerprint density at radius 3 is 3.00 bits per heavy atom. The molecular formula is C14H19N5O2S2. The summed E-state index contributed by atoms with van der Waals surface area (Å²) < 4.78 is 7.59. The number of thiazole rings is 1. The number of hydrogen-bond donors (Lipinski definition) is 2. The monoisotopic (exact) mass is 353 g/mol. The van der Waals surface area contributed by atoms with Gasteiger partial charge in [-0.05, 0) is 33.0 Å². The molecule has 0 aliphatic heterocycles. The van der Waals surface area contributed by atoms with Crippen LogP contribution in [0.1, 0.15) is 32.3 Å². The Bertz CT molecular complexity index is 754. The average Bonchev–Trinajstić information content (AvgIpc) is 2.98. The van der Waals surface area contributed by atoms with Crippen LogP contribution < -0.4 is 5.32 Å². The fraction of sp³-hybridized carbons (Fsp3) is 0.429. The molecule has 2 N–H and O–H groups in total. The van der Waals surface area contributed by atoms with E-state index in [1.807, 2.05) is 30.7 Å². The van der Waals surface area contributed by atoms with Crippen molar-refractivity contribution >= 4 is 34.8 Å². The second-order valence-corrected chi connectivity index (χ2v) is 7.04. The predicted octanol–water partition coefficient (Wildman–Crippen LogP) is 3.52. The SMILES string of the molecule is C=CCn1c(Cc2csc(NC(=O)OC(C)(C)C)n2)n[nH]c1=S. The van der Waals surface area contributed by atoms with Gasteiger partial charge in [0.1, 0.15) is 11.4 Å². The number of H-pyrrole nitrogens is 1. The standard InChI is InChI=1S/C14H19N5O2S2/c1-5-6-19-10(17-18-12(19)22)7-9-8-23-11(15-9)16-13(20)21-14(2,3)4/h5,8H,1,6-7H2,2-4H3,(H,18,22)(H,15,16,20). The molecule has 0 aliphatic rings. The van der Waals surface area contributed by atoms with E-state index in [9.17, 15) is 4.79 Å². The molecule has 1 amide bonds. The smallest absolute Gasteiger partial charge is 0.413 e. The summed E-state index contributed by atoms with van der Waals surface area (Å²) in [7, 11) is 0. The van der Waals surface area contributed by atoms with Gasteiger partial charge >= 0.3 is 6.09 Å². The Morgan fingerprint density at radius 1 is 1.61 bits per heavy atom. The maximum Gasteiger partial charge on any atom is 0.413 e. The average molecular weight is 353 g/mol. The summed E-state index contributed by atoms with van der Waals surface area (Å²) in [5, 5.41) is 11.9. The van der Waals surface area contributed by atoms with Gasteiger partial charge < -0.3 is 4.74 Å². The summed E-state index contributed by atoms with van der Waals surface area (Å²) in [4.78, 5) is 16.1. The Kier molecular flexibility index (Phi) is 5.32. The van der Waals surface area contributed by atoms with Gasteiger partial charge in [0.15, 0.2) is 9.90 Å². The molecule has 2 rings (SSSR count). The summed E-state index contributed by atoms with van der Waals surface area (Å²) in [6.07, 6.45) is 1.74. The minimum atomic E-state index is -0.546. The normalized spacial score (nSPS) is 11.3. The molecular weight excluding hydrogens is 334 g/mol. The van der Waals surface area contributed by atoms with E-state index in [0.717, 1.165) is 11.5 Å². The van der Waals surface area contributed by atoms with E-state index < -0.39 is 11.7 Å². The molecule has 0 aromatic carbocycles. The van der Waals surface area contributed by atoms with Crippen molar-refractivity contribution in [2.24, 2.45) is 0 Å². The fourth-order valence-corrected chi connectivity index (χ4v) is 2.72. The number of aromatic nitrogens is 4. The Labute approximate surface area is 143 Å². The number of carbonyl (C=O) groups is 1. The predicted molar refractivity (Wildman–Crippen MR) is 92.4 cm³/mol. The van der Waals surface area contributed by atoms with E-state index in [2.05, 4.69) is 27.1 Å². The van der Waals surface area contributed by atoms with Gasteiger partial charge in [-0.15, -0.1) is 17.9 Å². The molecule has 2 heterocycles. The first-order valence-corrected chi connectivity index (χ1v) is 8.26. The van der Waals surface area contributed by atoms with Gasteiger partial charge in [0.2, 0.25) is 0 Å². The third kappa shape index (κ3) is 5.00. The van der Waals surface area contributed by atoms with Crippen molar-refractivity contribution in [1.82, 2.24) is 19.7 Å². The largest absolute Gasteiger partial charge is 0.444 e. The number of carbonyl (C=O) groups excluding carboxylic acids is 1. The van der Waals surface area contributed by atoms with E-state index in [0.29, 0.717) is 22.9 Å². The van der Waals surface area contributed by atoms with E-state index in [1.165, 1.54) is 11.3 Å². The van der Waals surface area contributed by atoms with Crippen LogP contribution in [0.25, 0.3) is 0 Å². The van der Waals surface area contributed by atoms with Crippen LogP contribution in [0.3, 0.4) is 0 Å². The summed E-state index contributed by atoms with van der Waals surface area (Å²) in [6.45, 7) is 9.71. The van der Waals surface area contributed by atoms with E-state index >= 15 is 0 Å². The van der Waals surface area contributed by atoms with Crippen LogP contribution in [-0.2, 0) is 17.7 Å². The molecule has 23 heavy (non-hydrogen) atoms. The molecule has 0 saturated heterocycles. The molecule has 0 fully saturated rings. The van der Waals surface area contributed by atoms with Gasteiger partial charge in [-0.1, -0.05) is 6.08 Å². The number of allylic oxidation sites excluding steroid dienone is 1. The first-order valence-electron chi connectivity index (χ1n) is 6.98. The van der Waals surface area contributed by atoms with Crippen LogP contribution in [0, 0.1) is 4.77 Å². The van der Waals surface area contributed by atoms with Gasteiger partial charge in [-0.25, -0.2) is 9.78 Å². The maximum absolute atomic E-state index is 11.7. The number of ether oxygens (including phenoxy) is 1. The van der Waals surface area contributed by atoms with Gasteiger partial charge in [0.05, 0.1) is 12.1 Å². The van der Waals surface area contributed by atoms with Crippen molar-refractivity contribution in [2.75, 3.05) is 5.32 Å². The number of aromatic amines is 1. The van der Waals surface area contributed by atoms with Crippen LogP contribution in [-0.4, -0.2) is 31.4 Å². The van der Waals surface area contributed by atoms with Crippen LogP contribution >= 0.6 is 23.6 Å². The van der Waals surface area contributed by atoms with Gasteiger partial charge in [-0.2, -0.15) is 5.10 Å². The molecule has 124 valence electrons. The summed E-state index contributed by atoms with van der Waals surface area (Å²) in [6, 6.07) is 0. The highest BCUT2D eigenvalue weighted by Crippen LogP contribution is 2.19. The number of hydrogen-bond acceptors (Lipinski definition) is 6. The zero-order valence-corrected chi connectivity index (χ0v) is 14.9. The van der Waals surface area contributed by atoms with Crippen LogP contribution in [0.15, 0.2) is 18.0 Å². The molecule has 2 aromatic rings. The van der Waals surface area contributed by atoms with Gasteiger partial charge in [-0.3, -0.25) is 15.0 Å². The number of rotatable bonds is 5. The van der Waals surface area contributed by atoms with Crippen molar-refractivity contribution in [2.45, 2.75) is 39.3 Å². The Morgan fingerprint density at radius 2 is 2.35 bits per heavy atom. The van der Waals surface area contributed by atoms with E-state index in [1.54, 1.807) is 6.08 Å². The number of nitrogens with one attached hydrogen (secondary N) is 2. The summed E-state index contributed by atoms with van der Waals surface area (Å²) in [5.74, 6) is 0.768. The van der Waals surface area contributed by atoms with Gasteiger partial charge in [0.25, 0.3) is 0 Å². The molecule has 0 atom stereocenters. The quantitative estimate of drug-likeness (QED) is 0.634. The molecule has 9 heteroatoms. The van der Waals surface area contributed by atoms with Crippen LogP contribution in [0.5, 0.6) is 0 Å². The molecule has 7 nitrogen and oxygen atoms in total. The molecule has 0 saturated carbocycles. The lowest BCUT2D eigenvalue weighted by Gasteiger charge is -2.18. The number of amides is 1. The molecule has 2 aromatic heterocycles. The first kappa shape index (κ1) is 17.4. The summed E-state index contributed by atoms with van der Waals surface area (Å²) >= 11 is 6.51. The van der Waals surface area contributed by atoms with E-state index in [-0.39, 0.29) is 0 Å². The van der Waals surface area contributed by atoms with Crippen molar-refractivity contribution in [3.8, 4) is 0 Å². The Balaban J connectivity index is 2.04. The molecule has 0 unspecified atom stereocenters. The van der Waals surface area contributed by atoms with Crippen molar-refractivity contribution in [1.29, 1.82) is 0 Å². The zero-order chi connectivity index (χ0) is 17.0. The third-order valence-electron chi connectivity index (χ3n) is 2.65. The lowest BCUT2D eigenvalue weighted by Crippen LogP contribution is -2.27. The maximum atomic E-state index is 11.7. The lowest BCUT2D eigenvalue weighted by molar-refractivity contribution is 0.0636. The highest BCUT2D eigenvalue weighted by Gasteiger charge is 2.17. The minimum absolute atomic E-state index is 0.485. The molecule has 0 radical (unpaired) electrons. The molecule has 0 aliphatic carbocycles. The van der Waals surface area contributed by atoms with Crippen molar-refractivity contribution in [3.05, 3.63) is 34.3 Å². The topological polar surface area (TPSA) is 84.8 Å². The lowest BCUT2D eigenvalue weighted by atomic mass is 10.2. The minimum Gasteiger partial charge on any atom is -0.444 e. The third-order valence-corrected chi connectivity index (χ3v) is 3.77. The highest BCUT2D eigenvalue weighted by atomic mass is 32.1. The van der Waals surface area contributed by atoms with Crippen molar-refractivity contribution in [3.63, 3.8) is 0 Å². The zero-order valence-electron chi connectivity index (χ0n) is 13.3. The molecule has 0 bridgehead atoms. The number of nitrogens with zero attached hydrogens (tertiary/aromatic N) is 3. The van der Waals surface area contributed by atoms with Crippen molar-refractivity contribution < 1.29 is 9.53 Å². The Hall–Kier alpha value is -2.00. The second kappa shape index (κ2) is 7.05. The van der Waals surface area contributed by atoms with Gasteiger partial charge in [0, 0.05) is 11.9 Å². The first-order chi connectivity index (χ1) is 10.8. The number of anilines is 1. The van der Waals surface area contributed by atoms with Crippen LogP contribution in [0.2, 0.25) is 0 Å². The highest BCUT2D eigenvalue weighted by molar-refractivity contribution is 7.71. The second-order valence-electron chi connectivity index (χ2n) is 5.79. The van der Waals surface area contributed by atoms with Crippen LogP contribution in [0.4, 0.5) is 9.93 Å². The van der Waals surface area contributed by atoms with E-state index in [4.69, 9.17) is 17.0 Å².